The van der Waals surface area contributed by atoms with Crippen LogP contribution in [0.25, 0.3) is 0 Å². The molecule has 0 spiro atoms. The van der Waals surface area contributed by atoms with Crippen molar-refractivity contribution in [2.24, 2.45) is 5.92 Å². The summed E-state index contributed by atoms with van der Waals surface area (Å²) in [4.78, 5) is 21.8. The molecule has 1 fully saturated rings. The Bertz CT molecular complexity index is 256. The Kier molecular flexibility index (Phi) is 5.08. The first-order valence-electron chi connectivity index (χ1n) is 5.63. The van der Waals surface area contributed by atoms with Gasteiger partial charge in [-0.15, -0.1) is 0 Å². The Morgan fingerprint density at radius 3 is 2.73 bits per heavy atom. The number of rotatable bonds is 6. The number of carbonyl (C=O) groups is 2. The van der Waals surface area contributed by atoms with Crippen LogP contribution in [0.2, 0.25) is 0 Å². The zero-order valence-corrected chi connectivity index (χ0v) is 9.20. The van der Waals surface area contributed by atoms with Gasteiger partial charge in [-0.3, -0.25) is 9.59 Å². The molecule has 0 aromatic carbocycles. The average Bonchev–Trinajstić information content (AvgIpc) is 2.51. The molecule has 0 bridgehead atoms. The Balaban J connectivity index is 2.14. The van der Waals surface area contributed by atoms with Gasteiger partial charge >= 0.3 is 11.9 Å². The zero-order chi connectivity index (χ0) is 11.1. The molecule has 0 saturated carbocycles. The fourth-order valence-electron chi connectivity index (χ4n) is 1.59. The molecule has 1 saturated heterocycles. The molecule has 1 rings (SSSR count). The van der Waals surface area contributed by atoms with E-state index >= 15 is 0 Å². The van der Waals surface area contributed by atoms with Crippen LogP contribution in [-0.4, -0.2) is 11.9 Å². The lowest BCUT2D eigenvalue weighted by Gasteiger charge is -1.98. The van der Waals surface area contributed by atoms with Crippen LogP contribution in [0.5, 0.6) is 0 Å². The minimum Gasteiger partial charge on any atom is -0.393 e. The third kappa shape index (κ3) is 4.28. The van der Waals surface area contributed by atoms with E-state index in [1.165, 1.54) is 19.3 Å². The van der Waals surface area contributed by atoms with Gasteiger partial charge in [0.25, 0.3) is 0 Å². The van der Waals surface area contributed by atoms with Crippen molar-refractivity contribution in [1.29, 1.82) is 0 Å². The van der Waals surface area contributed by atoms with E-state index in [1.807, 2.05) is 6.08 Å². The summed E-state index contributed by atoms with van der Waals surface area (Å²) in [6, 6.07) is 0. The summed E-state index contributed by atoms with van der Waals surface area (Å²) >= 11 is 0. The molecule has 84 valence electrons. The molecule has 0 aliphatic carbocycles. The van der Waals surface area contributed by atoms with Gasteiger partial charge < -0.3 is 4.74 Å². The highest BCUT2D eigenvalue weighted by molar-refractivity contribution is 5.94. The van der Waals surface area contributed by atoms with Crippen molar-refractivity contribution in [2.45, 2.75) is 45.4 Å². The monoisotopic (exact) mass is 210 g/mol. The summed E-state index contributed by atoms with van der Waals surface area (Å²) in [5.41, 5.74) is 0. The van der Waals surface area contributed by atoms with Gasteiger partial charge in [-0.1, -0.05) is 31.9 Å². The maximum absolute atomic E-state index is 11.1. The molecule has 3 nitrogen and oxygen atoms in total. The van der Waals surface area contributed by atoms with Gasteiger partial charge in [0.05, 0.1) is 12.3 Å². The van der Waals surface area contributed by atoms with E-state index in [0.29, 0.717) is 6.42 Å². The van der Waals surface area contributed by atoms with Crippen LogP contribution in [0, 0.1) is 5.92 Å². The van der Waals surface area contributed by atoms with Gasteiger partial charge in [0, 0.05) is 0 Å². The second-order valence-corrected chi connectivity index (χ2v) is 3.90. The predicted molar refractivity (Wildman–Crippen MR) is 57.1 cm³/mol. The number of ether oxygens (including phenoxy) is 1. The number of unbranched alkanes of at least 4 members (excludes halogenated alkanes) is 3. The molecule has 0 aromatic heterocycles. The lowest BCUT2D eigenvalue weighted by molar-refractivity contribution is -0.153. The largest absolute Gasteiger partial charge is 0.393 e. The van der Waals surface area contributed by atoms with E-state index in [4.69, 9.17) is 0 Å². The van der Waals surface area contributed by atoms with Crippen LogP contribution in [-0.2, 0) is 14.3 Å². The molecule has 1 heterocycles. The fraction of sp³-hybridized carbons (Fsp3) is 0.667. The number of hydrogen-bond acceptors (Lipinski definition) is 3. The van der Waals surface area contributed by atoms with E-state index < -0.39 is 0 Å². The molecule has 0 amide bonds. The molecular formula is C12H18O3. The summed E-state index contributed by atoms with van der Waals surface area (Å²) in [5.74, 6) is -0.984. The minimum atomic E-state index is -0.385. The Labute approximate surface area is 90.5 Å². The van der Waals surface area contributed by atoms with Crippen LogP contribution >= 0.6 is 0 Å². The third-order valence-corrected chi connectivity index (χ3v) is 2.52. The van der Waals surface area contributed by atoms with Crippen molar-refractivity contribution in [3.63, 3.8) is 0 Å². The standard InChI is InChI=1S/C12H18O3/c1-2-3-4-5-6-7-8-10-9-11(13)15-12(10)14/h6-7,10H,2-5,8-9H2,1H3/b7-6+/t10-/m1/s1. The van der Waals surface area contributed by atoms with E-state index in [-0.39, 0.29) is 24.3 Å². The van der Waals surface area contributed by atoms with Crippen LogP contribution < -0.4 is 0 Å². The van der Waals surface area contributed by atoms with E-state index in [0.717, 1.165) is 6.42 Å². The lowest BCUT2D eigenvalue weighted by atomic mass is 10.0. The lowest BCUT2D eigenvalue weighted by Crippen LogP contribution is -2.05. The first-order valence-corrected chi connectivity index (χ1v) is 5.63. The first-order chi connectivity index (χ1) is 7.24. The predicted octanol–water partition coefficient (Wildman–Crippen LogP) is 2.60. The molecule has 1 aliphatic heterocycles. The van der Waals surface area contributed by atoms with Crippen LogP contribution in [0.3, 0.4) is 0 Å². The minimum absolute atomic E-state index is 0.236. The summed E-state index contributed by atoms with van der Waals surface area (Å²) in [5, 5.41) is 0. The molecule has 3 heteroatoms. The SMILES string of the molecule is CCCCC/C=C/C[C@@H]1CC(=O)OC1=O. The van der Waals surface area contributed by atoms with Gasteiger partial charge in [0.2, 0.25) is 0 Å². The van der Waals surface area contributed by atoms with Crippen LogP contribution in [0.4, 0.5) is 0 Å². The van der Waals surface area contributed by atoms with Gasteiger partial charge in [-0.05, 0) is 19.3 Å². The number of esters is 2. The quantitative estimate of drug-likeness (QED) is 0.293. The summed E-state index contributed by atoms with van der Waals surface area (Å²) in [7, 11) is 0. The Hall–Kier alpha value is -1.12. The smallest absolute Gasteiger partial charge is 0.317 e. The van der Waals surface area contributed by atoms with Crippen LogP contribution in [0.1, 0.15) is 45.4 Å². The highest BCUT2D eigenvalue weighted by Gasteiger charge is 2.31. The molecule has 1 aliphatic rings. The molecule has 0 radical (unpaired) electrons. The Morgan fingerprint density at radius 2 is 2.13 bits per heavy atom. The Morgan fingerprint density at radius 1 is 1.33 bits per heavy atom. The van der Waals surface area contributed by atoms with Gasteiger partial charge in [-0.25, -0.2) is 0 Å². The molecule has 0 N–H and O–H groups in total. The number of cyclic esters (lactones) is 2. The highest BCUT2D eigenvalue weighted by Crippen LogP contribution is 2.19. The number of hydrogen-bond donors (Lipinski definition) is 0. The van der Waals surface area contributed by atoms with E-state index in [2.05, 4.69) is 17.7 Å². The van der Waals surface area contributed by atoms with Gasteiger partial charge in [-0.2, -0.15) is 0 Å². The average molecular weight is 210 g/mol. The van der Waals surface area contributed by atoms with Gasteiger partial charge in [0.1, 0.15) is 0 Å². The zero-order valence-electron chi connectivity index (χ0n) is 9.20. The van der Waals surface area contributed by atoms with Crippen LogP contribution in [0.15, 0.2) is 12.2 Å². The van der Waals surface area contributed by atoms with E-state index in [9.17, 15) is 9.59 Å². The fourth-order valence-corrected chi connectivity index (χ4v) is 1.59. The van der Waals surface area contributed by atoms with Crippen molar-refractivity contribution in [2.75, 3.05) is 0 Å². The molecule has 15 heavy (non-hydrogen) atoms. The van der Waals surface area contributed by atoms with Crippen molar-refractivity contribution in [3.05, 3.63) is 12.2 Å². The second kappa shape index (κ2) is 6.38. The molecule has 0 aromatic rings. The third-order valence-electron chi connectivity index (χ3n) is 2.52. The summed E-state index contributed by atoms with van der Waals surface area (Å²) in [6.45, 7) is 2.17. The topological polar surface area (TPSA) is 43.4 Å². The molecular weight excluding hydrogens is 192 g/mol. The number of allylic oxidation sites excluding steroid dienone is 2. The second-order valence-electron chi connectivity index (χ2n) is 3.90. The maximum atomic E-state index is 11.1. The van der Waals surface area contributed by atoms with Gasteiger partial charge in [0.15, 0.2) is 0 Å². The normalized spacial score (nSPS) is 21.3. The van der Waals surface area contributed by atoms with Crippen molar-refractivity contribution >= 4 is 11.9 Å². The van der Waals surface area contributed by atoms with E-state index in [1.54, 1.807) is 0 Å². The highest BCUT2D eigenvalue weighted by atomic mass is 16.6. The first kappa shape index (κ1) is 12.0. The molecule has 1 atom stereocenters. The summed E-state index contributed by atoms with van der Waals surface area (Å²) < 4.78 is 4.46. The molecule has 0 unspecified atom stereocenters. The number of carbonyl (C=O) groups excluding carboxylic acids is 2. The maximum Gasteiger partial charge on any atom is 0.317 e. The summed E-state index contributed by atoms with van der Waals surface area (Å²) in [6.07, 6.45) is 9.68. The van der Waals surface area contributed by atoms with Crippen molar-refractivity contribution in [1.82, 2.24) is 0 Å². The van der Waals surface area contributed by atoms with Crippen molar-refractivity contribution in [3.8, 4) is 0 Å². The van der Waals surface area contributed by atoms with Crippen molar-refractivity contribution < 1.29 is 14.3 Å².